The third kappa shape index (κ3) is 3.53. The van der Waals surface area contributed by atoms with E-state index in [-0.39, 0.29) is 12.4 Å². The van der Waals surface area contributed by atoms with Crippen LogP contribution in [-0.2, 0) is 6.61 Å². The highest BCUT2D eigenvalue weighted by Crippen LogP contribution is 2.20. The van der Waals surface area contributed by atoms with Crippen LogP contribution in [0.15, 0.2) is 42.5 Å². The molecule has 2 rings (SSSR count). The summed E-state index contributed by atoms with van der Waals surface area (Å²) in [4.78, 5) is 0. The Labute approximate surface area is 114 Å². The number of aryl methyl sites for hydroxylation is 1. The molecule has 0 aliphatic carbocycles. The Bertz CT molecular complexity index is 610. The lowest BCUT2D eigenvalue weighted by Crippen LogP contribution is -2.35. The van der Waals surface area contributed by atoms with Gasteiger partial charge in [0, 0.05) is 0 Å². The van der Waals surface area contributed by atoms with Gasteiger partial charge in [0.25, 0.3) is 0 Å². The molecule has 1 nitrogen and oxygen atoms in total. The van der Waals surface area contributed by atoms with Gasteiger partial charge in [0.15, 0.2) is 0 Å². The number of hydrogen-bond donors (Lipinski definition) is 0. The molecule has 0 fully saturated rings. The summed E-state index contributed by atoms with van der Waals surface area (Å²) in [6, 6.07) is 9.69. The van der Waals surface area contributed by atoms with Crippen LogP contribution >= 0.6 is 0 Å². The Balaban J connectivity index is 2.21. The molecule has 6 heteroatoms. The average Bonchev–Trinajstić information content (AvgIpc) is 2.36. The summed E-state index contributed by atoms with van der Waals surface area (Å²) in [6.45, 7) is -3.43. The molecule has 0 aliphatic rings. The Kier molecular flexibility index (Phi) is 4.02. The van der Waals surface area contributed by atoms with Gasteiger partial charge in [-0.05, 0) is 30.7 Å². The van der Waals surface area contributed by atoms with Crippen LogP contribution in [0.25, 0.3) is 0 Å². The predicted octanol–water partition coefficient (Wildman–Crippen LogP) is 3.77. The second-order valence-corrected chi connectivity index (χ2v) is 4.53. The van der Waals surface area contributed by atoms with E-state index < -0.39 is 18.3 Å². The summed E-state index contributed by atoms with van der Waals surface area (Å²) in [6.07, 6.45) is 0. The largest absolute Gasteiger partial charge is 0.513 e. The van der Waals surface area contributed by atoms with Gasteiger partial charge in [-0.25, -0.2) is 4.39 Å². The van der Waals surface area contributed by atoms with Crippen molar-refractivity contribution >= 4 is 12.4 Å². The molecule has 2 aromatic rings. The van der Waals surface area contributed by atoms with Crippen LogP contribution in [0.3, 0.4) is 0 Å². The van der Waals surface area contributed by atoms with Gasteiger partial charge >= 0.3 is 6.98 Å². The van der Waals surface area contributed by atoms with Gasteiger partial charge in [-0.2, -0.15) is 0 Å². The number of rotatable bonds is 4. The average molecular weight is 283 g/mol. The summed E-state index contributed by atoms with van der Waals surface area (Å²) in [5, 5.41) is 0. The molecule has 0 radical (unpaired) electrons. The summed E-state index contributed by atoms with van der Waals surface area (Å²) in [5.41, 5.74) is 0.707. The SMILES string of the molecule is Cc1cccc(COc2ccc(F)cc2[B-](F)(F)F)c1. The lowest BCUT2D eigenvalue weighted by molar-refractivity contribution is 0.306. The standard InChI is InChI=1S/C14H12BF4O/c1-10-3-2-4-11(7-10)9-20-14-6-5-12(16)8-13(14)15(17,18)19/h2-8H,9H2,1H3/q-1. The first-order valence-electron chi connectivity index (χ1n) is 6.04. The van der Waals surface area contributed by atoms with Crippen molar-refractivity contribution in [2.75, 3.05) is 0 Å². The molecule has 106 valence electrons. The molecule has 0 saturated heterocycles. The minimum Gasteiger partial charge on any atom is -0.492 e. The fourth-order valence-electron chi connectivity index (χ4n) is 1.87. The number of ether oxygens (including phenoxy) is 1. The highest BCUT2D eigenvalue weighted by Gasteiger charge is 2.29. The highest BCUT2D eigenvalue weighted by molar-refractivity contribution is 6.74. The molecular formula is C14H12BF4O-. The smallest absolute Gasteiger partial charge is 0.492 e. The Hall–Kier alpha value is -1.98. The summed E-state index contributed by atoms with van der Waals surface area (Å²) in [7, 11) is 0. The van der Waals surface area contributed by atoms with Gasteiger partial charge in [-0.1, -0.05) is 35.3 Å². The molecular weight excluding hydrogens is 271 g/mol. The molecule has 0 amide bonds. The maximum Gasteiger partial charge on any atom is 0.513 e. The summed E-state index contributed by atoms with van der Waals surface area (Å²) in [5.74, 6) is -1.28. The maximum atomic E-state index is 12.9. The van der Waals surface area contributed by atoms with Gasteiger partial charge in [0.05, 0.1) is 5.75 Å². The zero-order valence-corrected chi connectivity index (χ0v) is 10.7. The minimum atomic E-state index is -5.31. The van der Waals surface area contributed by atoms with E-state index in [0.717, 1.165) is 23.3 Å². The van der Waals surface area contributed by atoms with E-state index in [1.807, 2.05) is 19.1 Å². The molecule has 0 saturated carbocycles. The van der Waals surface area contributed by atoms with E-state index in [1.165, 1.54) is 0 Å². The normalized spacial score (nSPS) is 11.4. The molecule has 0 atom stereocenters. The highest BCUT2D eigenvalue weighted by atomic mass is 19.4. The number of benzene rings is 2. The second-order valence-electron chi connectivity index (χ2n) is 4.53. The van der Waals surface area contributed by atoms with E-state index in [4.69, 9.17) is 4.74 Å². The van der Waals surface area contributed by atoms with Crippen molar-refractivity contribution in [1.29, 1.82) is 0 Å². The first-order chi connectivity index (χ1) is 9.36. The molecule has 0 heterocycles. The van der Waals surface area contributed by atoms with E-state index >= 15 is 0 Å². The van der Waals surface area contributed by atoms with Crippen LogP contribution in [0.4, 0.5) is 17.3 Å². The number of halogens is 4. The quantitative estimate of drug-likeness (QED) is 0.613. The molecule has 2 aromatic carbocycles. The van der Waals surface area contributed by atoms with E-state index in [1.54, 1.807) is 12.1 Å². The maximum absolute atomic E-state index is 12.9. The van der Waals surface area contributed by atoms with Gasteiger partial charge in [0.2, 0.25) is 0 Å². The topological polar surface area (TPSA) is 9.23 Å². The minimum absolute atomic E-state index is 0.00642. The molecule has 0 aromatic heterocycles. The molecule has 0 spiro atoms. The van der Waals surface area contributed by atoms with E-state index in [9.17, 15) is 17.3 Å². The third-order valence-electron chi connectivity index (χ3n) is 2.80. The van der Waals surface area contributed by atoms with Crippen molar-refractivity contribution in [3.8, 4) is 5.75 Å². The van der Waals surface area contributed by atoms with Crippen LogP contribution in [0.5, 0.6) is 5.75 Å². The van der Waals surface area contributed by atoms with Crippen LogP contribution in [-0.4, -0.2) is 6.98 Å². The van der Waals surface area contributed by atoms with Gasteiger partial charge in [-0.3, -0.25) is 0 Å². The molecule has 0 bridgehead atoms. The van der Waals surface area contributed by atoms with Crippen molar-refractivity contribution in [3.63, 3.8) is 0 Å². The Morgan fingerprint density at radius 3 is 2.45 bits per heavy atom. The second kappa shape index (κ2) is 5.57. The molecule has 20 heavy (non-hydrogen) atoms. The van der Waals surface area contributed by atoms with Crippen LogP contribution in [0, 0.1) is 12.7 Å². The lowest BCUT2D eigenvalue weighted by atomic mass is 9.79. The van der Waals surface area contributed by atoms with Crippen LogP contribution < -0.4 is 10.2 Å². The van der Waals surface area contributed by atoms with Gasteiger partial charge < -0.3 is 17.7 Å². The molecule has 0 unspecified atom stereocenters. The monoisotopic (exact) mass is 283 g/mol. The van der Waals surface area contributed by atoms with Crippen molar-refractivity contribution in [2.45, 2.75) is 13.5 Å². The molecule has 0 aliphatic heterocycles. The van der Waals surface area contributed by atoms with Crippen molar-refractivity contribution < 1.29 is 22.1 Å². The zero-order chi connectivity index (χ0) is 14.8. The first-order valence-corrected chi connectivity index (χ1v) is 6.04. The molecule has 0 N–H and O–H groups in total. The van der Waals surface area contributed by atoms with Crippen LogP contribution in [0.1, 0.15) is 11.1 Å². The van der Waals surface area contributed by atoms with Crippen molar-refractivity contribution in [3.05, 3.63) is 59.4 Å². The van der Waals surface area contributed by atoms with E-state index in [0.29, 0.717) is 6.07 Å². The Morgan fingerprint density at radius 1 is 1.05 bits per heavy atom. The van der Waals surface area contributed by atoms with Gasteiger partial charge in [0.1, 0.15) is 12.4 Å². The van der Waals surface area contributed by atoms with E-state index in [2.05, 4.69) is 0 Å². The van der Waals surface area contributed by atoms with Crippen LogP contribution in [0.2, 0.25) is 0 Å². The predicted molar refractivity (Wildman–Crippen MR) is 70.6 cm³/mol. The Morgan fingerprint density at radius 2 is 1.80 bits per heavy atom. The fraction of sp³-hybridized carbons (Fsp3) is 0.143. The fourth-order valence-corrected chi connectivity index (χ4v) is 1.87. The van der Waals surface area contributed by atoms with Gasteiger partial charge in [-0.15, -0.1) is 0 Å². The number of hydrogen-bond acceptors (Lipinski definition) is 1. The lowest BCUT2D eigenvalue weighted by Gasteiger charge is -2.20. The summed E-state index contributed by atoms with van der Waals surface area (Å²) >= 11 is 0. The van der Waals surface area contributed by atoms with Crippen molar-refractivity contribution in [2.24, 2.45) is 0 Å². The third-order valence-corrected chi connectivity index (χ3v) is 2.80. The zero-order valence-electron chi connectivity index (χ0n) is 10.7. The first kappa shape index (κ1) is 14.4. The summed E-state index contributed by atoms with van der Waals surface area (Å²) < 4.78 is 56.6. The van der Waals surface area contributed by atoms with Crippen molar-refractivity contribution in [1.82, 2.24) is 0 Å².